The summed E-state index contributed by atoms with van der Waals surface area (Å²) in [6.07, 6.45) is -1.24. The summed E-state index contributed by atoms with van der Waals surface area (Å²) < 4.78 is 81.0. The molecular weight excluding hydrogens is 476 g/mol. The molecule has 12 heteroatoms. The molecule has 3 N–H and O–H groups in total. The number of amides is 1. The first-order chi connectivity index (χ1) is 15.8. The number of carbonyl (C=O) groups is 1. The summed E-state index contributed by atoms with van der Waals surface area (Å²) in [5, 5.41) is 0.316. The highest BCUT2D eigenvalue weighted by molar-refractivity contribution is 7.89. The van der Waals surface area contributed by atoms with Gasteiger partial charge in [-0.2, -0.15) is 17.9 Å². The first kappa shape index (κ1) is 24.1. The lowest BCUT2D eigenvalue weighted by Gasteiger charge is -2.30. The van der Waals surface area contributed by atoms with E-state index < -0.39 is 38.9 Å². The first-order valence-corrected chi connectivity index (χ1v) is 12.0. The fraction of sp³-hybridized carbons (Fsp3) is 0.364. The third-order valence-electron chi connectivity index (χ3n) is 6.08. The lowest BCUT2D eigenvalue weighted by atomic mass is 9.92. The number of nitrogens with zero attached hydrogens (tertiary/aromatic N) is 2. The maximum atomic E-state index is 14.4. The number of alkyl halides is 3. The number of carbonyl (C=O) groups excluding carboxylic acids is 1. The van der Waals surface area contributed by atoms with Gasteiger partial charge < -0.3 is 10.3 Å². The number of nitrogens with two attached hydrogens (primary N) is 1. The van der Waals surface area contributed by atoms with Crippen molar-refractivity contribution in [2.24, 2.45) is 5.73 Å². The number of sulfonamides is 1. The van der Waals surface area contributed by atoms with Gasteiger partial charge in [-0.25, -0.2) is 12.8 Å². The number of primary amides is 1. The van der Waals surface area contributed by atoms with Crippen LogP contribution in [0.2, 0.25) is 0 Å². The normalized spacial score (nSPS) is 15.9. The Morgan fingerprint density at radius 3 is 2.44 bits per heavy atom. The number of hydrogen-bond acceptors (Lipinski definition) is 4. The molecule has 182 valence electrons. The lowest BCUT2D eigenvalue weighted by Crippen LogP contribution is -2.42. The van der Waals surface area contributed by atoms with E-state index in [-0.39, 0.29) is 17.3 Å². The average Bonchev–Trinajstić information content (AvgIpc) is 3.00. The second-order valence-electron chi connectivity index (χ2n) is 8.42. The van der Waals surface area contributed by atoms with E-state index in [1.807, 2.05) is 4.57 Å². The molecule has 1 aromatic carbocycles. The molecule has 1 amide bonds. The predicted octanol–water partition coefficient (Wildman–Crippen LogP) is 4.20. The molecule has 3 aromatic rings. The van der Waals surface area contributed by atoms with E-state index in [0.29, 0.717) is 29.1 Å². The molecule has 0 saturated heterocycles. The molecule has 1 aliphatic carbocycles. The highest BCUT2D eigenvalue weighted by atomic mass is 32.2. The smallest absolute Gasteiger partial charge is 0.366 e. The summed E-state index contributed by atoms with van der Waals surface area (Å²) in [5.74, 6) is -1.31. The maximum Gasteiger partial charge on any atom is 0.404 e. The molecule has 2 aromatic heterocycles. The molecule has 7 nitrogen and oxygen atoms in total. The van der Waals surface area contributed by atoms with Crippen molar-refractivity contribution in [3.8, 4) is 11.4 Å². The lowest BCUT2D eigenvalue weighted by molar-refractivity contribution is -0.147. The number of aryl methyl sites for hydroxylation is 1. The topological polar surface area (TPSA) is 107 Å². The summed E-state index contributed by atoms with van der Waals surface area (Å²) in [6.45, 7) is 2.29. The van der Waals surface area contributed by atoms with Gasteiger partial charge in [-0.15, -0.1) is 0 Å². The molecular formula is C22H22F4N4O3S. The average molecular weight is 499 g/mol. The Kier molecular flexibility index (Phi) is 5.93. The Bertz CT molecular complexity index is 1380. The zero-order valence-electron chi connectivity index (χ0n) is 18.3. The molecule has 0 bridgehead atoms. The molecule has 0 aliphatic heterocycles. The van der Waals surface area contributed by atoms with Crippen LogP contribution in [0.25, 0.3) is 22.3 Å². The van der Waals surface area contributed by atoms with E-state index in [2.05, 4.69) is 4.98 Å². The zero-order valence-corrected chi connectivity index (χ0v) is 19.1. The number of fused-ring (bicyclic) bond motifs is 1. The number of halogens is 4. The van der Waals surface area contributed by atoms with Crippen LogP contribution in [0.1, 0.15) is 48.1 Å². The van der Waals surface area contributed by atoms with Crippen molar-refractivity contribution in [1.29, 1.82) is 0 Å². The van der Waals surface area contributed by atoms with E-state index in [0.717, 1.165) is 31.5 Å². The third-order valence-corrected chi connectivity index (χ3v) is 7.61. The largest absolute Gasteiger partial charge is 0.404 e. The van der Waals surface area contributed by atoms with Crippen LogP contribution in [0.15, 0.2) is 35.4 Å². The first-order valence-electron chi connectivity index (χ1n) is 10.5. The van der Waals surface area contributed by atoms with Gasteiger partial charge in [-0.1, -0.05) is 0 Å². The standard InChI is InChI=1S/C22H22F4N4O3S/c1-11-8-18-15(9-16(11)23)19(21(27)31)20(30(18)13-4-3-5-13)17-7-6-14(10-28-17)34(32,33)29-12(2)22(24,25)26/h6-10,12-13,29H,3-5H2,1-2H3,(H2,27,31)/t12-/m1/s1. The van der Waals surface area contributed by atoms with Crippen LogP contribution in [-0.4, -0.2) is 36.1 Å². The minimum Gasteiger partial charge on any atom is -0.366 e. The second kappa shape index (κ2) is 8.35. The van der Waals surface area contributed by atoms with Crippen LogP contribution in [0.3, 0.4) is 0 Å². The van der Waals surface area contributed by atoms with Gasteiger partial charge in [0.1, 0.15) is 16.8 Å². The number of rotatable bonds is 6. The van der Waals surface area contributed by atoms with Gasteiger partial charge in [-0.3, -0.25) is 9.78 Å². The van der Waals surface area contributed by atoms with Crippen LogP contribution in [0.5, 0.6) is 0 Å². The minimum absolute atomic E-state index is 0.00923. The summed E-state index contributed by atoms with van der Waals surface area (Å²) >= 11 is 0. The van der Waals surface area contributed by atoms with Crippen LogP contribution >= 0.6 is 0 Å². The van der Waals surface area contributed by atoms with E-state index >= 15 is 0 Å². The van der Waals surface area contributed by atoms with Gasteiger partial charge in [0.15, 0.2) is 0 Å². The number of pyridine rings is 1. The predicted molar refractivity (Wildman–Crippen MR) is 117 cm³/mol. The molecule has 0 radical (unpaired) electrons. The van der Waals surface area contributed by atoms with E-state index in [1.54, 1.807) is 17.7 Å². The van der Waals surface area contributed by atoms with Gasteiger partial charge in [0.25, 0.3) is 5.91 Å². The van der Waals surface area contributed by atoms with Gasteiger partial charge in [-0.05, 0) is 62.9 Å². The Balaban J connectivity index is 1.86. The van der Waals surface area contributed by atoms with Gasteiger partial charge >= 0.3 is 6.18 Å². The van der Waals surface area contributed by atoms with Crippen molar-refractivity contribution < 1.29 is 30.8 Å². The molecule has 2 heterocycles. The monoisotopic (exact) mass is 498 g/mol. The fourth-order valence-corrected chi connectivity index (χ4v) is 5.18. The SMILES string of the molecule is Cc1cc2c(cc1F)c(C(N)=O)c(-c1ccc(S(=O)(=O)N[C@H](C)C(F)(F)F)cn1)n2C1CCC1. The van der Waals surface area contributed by atoms with E-state index in [4.69, 9.17) is 5.73 Å². The Labute approximate surface area is 193 Å². The molecule has 1 atom stereocenters. The van der Waals surface area contributed by atoms with Crippen LogP contribution in [0.4, 0.5) is 17.6 Å². The molecule has 4 rings (SSSR count). The van der Waals surface area contributed by atoms with Crippen LogP contribution in [-0.2, 0) is 10.0 Å². The highest BCUT2D eigenvalue weighted by Crippen LogP contribution is 2.42. The number of benzene rings is 1. The zero-order chi connectivity index (χ0) is 25.0. The van der Waals surface area contributed by atoms with Crippen LogP contribution < -0.4 is 10.5 Å². The van der Waals surface area contributed by atoms with Crippen molar-refractivity contribution in [2.45, 2.75) is 56.3 Å². The summed E-state index contributed by atoms with van der Waals surface area (Å²) in [6, 6.07) is 2.98. The molecule has 1 aliphatic rings. The Hall–Kier alpha value is -2.99. The van der Waals surface area contributed by atoms with Crippen molar-refractivity contribution in [2.75, 3.05) is 0 Å². The molecule has 34 heavy (non-hydrogen) atoms. The summed E-state index contributed by atoms with van der Waals surface area (Å²) in [5.41, 5.74) is 7.20. The van der Waals surface area contributed by atoms with Crippen molar-refractivity contribution >= 4 is 26.8 Å². The minimum atomic E-state index is -4.76. The van der Waals surface area contributed by atoms with Gasteiger partial charge in [0.2, 0.25) is 10.0 Å². The second-order valence-corrected chi connectivity index (χ2v) is 10.1. The number of aromatic nitrogens is 2. The number of hydrogen-bond donors (Lipinski definition) is 2. The molecule has 1 saturated carbocycles. The third kappa shape index (κ3) is 4.16. The number of nitrogens with one attached hydrogen (secondary N) is 1. The van der Waals surface area contributed by atoms with Crippen molar-refractivity contribution in [1.82, 2.24) is 14.3 Å². The van der Waals surface area contributed by atoms with E-state index in [1.165, 1.54) is 12.1 Å². The van der Waals surface area contributed by atoms with Crippen molar-refractivity contribution in [3.05, 3.63) is 47.4 Å². The van der Waals surface area contributed by atoms with Gasteiger partial charge in [0.05, 0.1) is 22.5 Å². The molecule has 0 spiro atoms. The Morgan fingerprint density at radius 1 is 1.26 bits per heavy atom. The summed E-state index contributed by atoms with van der Waals surface area (Å²) in [4.78, 5) is 16.1. The van der Waals surface area contributed by atoms with Crippen LogP contribution in [0, 0.1) is 12.7 Å². The quantitative estimate of drug-likeness (QED) is 0.497. The Morgan fingerprint density at radius 2 is 1.94 bits per heavy atom. The summed E-state index contributed by atoms with van der Waals surface area (Å²) in [7, 11) is -4.50. The van der Waals surface area contributed by atoms with E-state index in [9.17, 15) is 30.8 Å². The maximum absolute atomic E-state index is 14.4. The fourth-order valence-electron chi connectivity index (χ4n) is 4.01. The van der Waals surface area contributed by atoms with Gasteiger partial charge in [0, 0.05) is 17.6 Å². The highest BCUT2D eigenvalue weighted by Gasteiger charge is 2.39. The van der Waals surface area contributed by atoms with Crippen molar-refractivity contribution in [3.63, 3.8) is 0 Å². The molecule has 1 fully saturated rings. The molecule has 0 unspecified atom stereocenters.